The van der Waals surface area contributed by atoms with Crippen LogP contribution in [0.4, 0.5) is 27.3 Å². The molecule has 1 saturated carbocycles. The molecule has 2 aromatic heterocycles. The summed E-state index contributed by atoms with van der Waals surface area (Å²) in [6, 6.07) is 24.4. The molecule has 13 rings (SSSR count). The molecule has 416 valence electrons. The highest BCUT2D eigenvalue weighted by Gasteiger charge is 2.56. The highest BCUT2D eigenvalue weighted by Crippen LogP contribution is 2.52. The Hall–Kier alpha value is -8.32. The van der Waals surface area contributed by atoms with Crippen LogP contribution in [-0.4, -0.2) is 146 Å². The molecule has 6 aliphatic heterocycles. The third-order valence-corrected chi connectivity index (χ3v) is 18.3. The molecule has 4 aromatic carbocycles. The number of pyridine rings is 1. The normalized spacial score (nSPS) is 22.0. The summed E-state index contributed by atoms with van der Waals surface area (Å²) >= 11 is 0. The van der Waals surface area contributed by atoms with E-state index in [2.05, 4.69) is 46.4 Å². The van der Waals surface area contributed by atoms with Crippen molar-refractivity contribution in [2.45, 2.75) is 108 Å². The zero-order chi connectivity index (χ0) is 56.0. The number of halogens is 1. The number of piperidine rings is 3. The molecule has 2 N–H and O–H groups in total. The van der Waals surface area contributed by atoms with Crippen LogP contribution in [0.15, 0.2) is 91.3 Å². The van der Waals surface area contributed by atoms with Crippen LogP contribution in [0.1, 0.15) is 130 Å². The van der Waals surface area contributed by atoms with Gasteiger partial charge in [-0.15, -0.1) is 0 Å². The number of carbonyl (C=O) groups is 7. The number of hydrogen-bond donors (Lipinski definition) is 2. The molecule has 81 heavy (non-hydrogen) atoms. The maximum Gasteiger partial charge on any atom is 0.262 e. The topological polar surface area (TPSA) is 194 Å². The number of imidazole rings is 1. The van der Waals surface area contributed by atoms with Gasteiger partial charge in [0.05, 0.1) is 39.8 Å². The van der Waals surface area contributed by atoms with Crippen molar-refractivity contribution in [1.82, 2.24) is 39.5 Å². The smallest absolute Gasteiger partial charge is 0.262 e. The molecule has 7 aliphatic rings. The number of amides is 7. The van der Waals surface area contributed by atoms with E-state index in [4.69, 9.17) is 9.97 Å². The van der Waals surface area contributed by atoms with Gasteiger partial charge in [-0.05, 0) is 151 Å². The molecule has 19 heteroatoms. The highest BCUT2D eigenvalue weighted by molar-refractivity contribution is 6.24. The number of rotatable bonds is 10. The van der Waals surface area contributed by atoms with E-state index in [1.54, 1.807) is 65.8 Å². The molecule has 5 fully saturated rings. The minimum Gasteiger partial charge on any atom is -0.368 e. The number of anilines is 4. The molecule has 1 atom stereocenters. The van der Waals surface area contributed by atoms with Crippen molar-refractivity contribution in [3.63, 3.8) is 0 Å². The molecule has 8 heterocycles. The minimum absolute atomic E-state index is 0.0343. The molecule has 7 amide bonds. The quantitative estimate of drug-likeness (QED) is 0.127. The predicted octanol–water partition coefficient (Wildman–Crippen LogP) is 7.77. The molecule has 1 aliphatic carbocycles. The fraction of sp³-hybridized carbons (Fsp3) is 0.403. The lowest BCUT2D eigenvalue weighted by Gasteiger charge is -2.48. The van der Waals surface area contributed by atoms with E-state index in [1.807, 2.05) is 33.4 Å². The molecule has 1 unspecified atom stereocenters. The molecule has 6 aromatic rings. The Morgan fingerprint density at radius 2 is 1.49 bits per heavy atom. The van der Waals surface area contributed by atoms with Gasteiger partial charge < -0.3 is 34.4 Å². The summed E-state index contributed by atoms with van der Waals surface area (Å²) in [6.07, 6.45) is 8.26. The minimum atomic E-state index is -1.05. The predicted molar refractivity (Wildman–Crippen MR) is 302 cm³/mol. The number of para-hydroxylation sites is 1. The maximum atomic E-state index is 15.4. The van der Waals surface area contributed by atoms with Crippen molar-refractivity contribution in [2.24, 2.45) is 0 Å². The van der Waals surface area contributed by atoms with E-state index >= 15 is 9.18 Å². The second kappa shape index (κ2) is 20.3. The Morgan fingerprint density at radius 3 is 2.22 bits per heavy atom. The van der Waals surface area contributed by atoms with Crippen LogP contribution in [-0.2, 0) is 19.8 Å². The van der Waals surface area contributed by atoms with E-state index in [0.29, 0.717) is 103 Å². The van der Waals surface area contributed by atoms with Gasteiger partial charge in [-0.25, -0.2) is 14.4 Å². The number of nitrogens with one attached hydrogen (secondary N) is 2. The summed E-state index contributed by atoms with van der Waals surface area (Å²) in [4.78, 5) is 116. The number of likely N-dealkylation sites (tertiary alicyclic amines) is 2. The standard InChI is InChI=1S/C62H64FN11O7/c1-36(2)72-35-64-50-34-49(66-55(54(50)72)65-48-10-6-5-9-47(48)63)38-12-16-46-52(30-38)73(42-31-41(32-42)68-21-7-4-8-22-68)61(81)62(46)19-23-70(24-20-62)58(78)43-14-11-39(29-37(43)3)57(77)71-27-25-69(26-28-71)40-13-15-44-45(33-40)60(80)74(59(44)79)51-17-18-53(75)67-56(51)76/h5-6,9-16,29-30,33-36,41-42,51H,4,7-8,17-28,31-32H2,1-3H3,(H,65,66)(H,67,75,76). The lowest BCUT2D eigenvalue weighted by molar-refractivity contribution is -0.136. The van der Waals surface area contributed by atoms with E-state index in [0.717, 1.165) is 53.2 Å². The number of carbonyl (C=O) groups excluding carboxylic acids is 7. The number of nitrogens with zero attached hydrogens (tertiary/aromatic N) is 9. The maximum absolute atomic E-state index is 15.4. The van der Waals surface area contributed by atoms with E-state index in [-0.39, 0.29) is 53.8 Å². The Bertz CT molecular complexity index is 3620. The second-order valence-electron chi connectivity index (χ2n) is 23.2. The van der Waals surface area contributed by atoms with E-state index in [9.17, 15) is 28.8 Å². The van der Waals surface area contributed by atoms with Crippen LogP contribution < -0.4 is 20.4 Å². The third-order valence-electron chi connectivity index (χ3n) is 18.3. The number of imide groups is 2. The van der Waals surface area contributed by atoms with Gasteiger partial charge in [0.25, 0.3) is 23.6 Å². The fourth-order valence-corrected chi connectivity index (χ4v) is 13.6. The van der Waals surface area contributed by atoms with Gasteiger partial charge in [0.15, 0.2) is 5.82 Å². The van der Waals surface area contributed by atoms with Crippen molar-refractivity contribution >= 4 is 75.3 Å². The van der Waals surface area contributed by atoms with Crippen LogP contribution >= 0.6 is 0 Å². The van der Waals surface area contributed by atoms with Gasteiger partial charge in [0, 0.05) is 91.9 Å². The molecule has 0 radical (unpaired) electrons. The molecule has 1 spiro atoms. The summed E-state index contributed by atoms with van der Waals surface area (Å²) in [5.74, 6) is -2.37. The van der Waals surface area contributed by atoms with Crippen molar-refractivity contribution in [3.8, 4) is 11.3 Å². The lowest BCUT2D eigenvalue weighted by Crippen LogP contribution is -2.58. The molecule has 0 bridgehead atoms. The Kier molecular flexibility index (Phi) is 13.1. The number of piperazine rings is 1. The largest absolute Gasteiger partial charge is 0.368 e. The number of aromatic nitrogens is 3. The van der Waals surface area contributed by atoms with Gasteiger partial charge in [-0.1, -0.05) is 30.7 Å². The average Bonchev–Trinajstić information content (AvgIpc) is 4.30. The molecule has 18 nitrogen and oxygen atoms in total. The van der Waals surface area contributed by atoms with E-state index < -0.39 is 40.9 Å². The number of benzene rings is 4. The Morgan fingerprint density at radius 1 is 0.753 bits per heavy atom. The monoisotopic (exact) mass is 1090 g/mol. The number of hydrogen-bond acceptors (Lipinski definition) is 12. The summed E-state index contributed by atoms with van der Waals surface area (Å²) < 4.78 is 17.2. The molecular weight excluding hydrogens is 1030 g/mol. The second-order valence-corrected chi connectivity index (χ2v) is 23.2. The van der Waals surface area contributed by atoms with Gasteiger partial charge in [-0.2, -0.15) is 0 Å². The van der Waals surface area contributed by atoms with Gasteiger partial charge in [0.2, 0.25) is 17.7 Å². The van der Waals surface area contributed by atoms with Gasteiger partial charge in [-0.3, -0.25) is 43.8 Å². The van der Waals surface area contributed by atoms with E-state index in [1.165, 1.54) is 25.3 Å². The summed E-state index contributed by atoms with van der Waals surface area (Å²) in [5, 5.41) is 5.50. The number of aryl methyl sites for hydroxylation is 1. The Labute approximate surface area is 468 Å². The molecule has 4 saturated heterocycles. The summed E-state index contributed by atoms with van der Waals surface area (Å²) in [6.45, 7) is 10.6. The van der Waals surface area contributed by atoms with Crippen molar-refractivity contribution in [3.05, 3.63) is 130 Å². The highest BCUT2D eigenvalue weighted by atomic mass is 19.1. The zero-order valence-corrected chi connectivity index (χ0v) is 45.8. The van der Waals surface area contributed by atoms with Gasteiger partial charge >= 0.3 is 0 Å². The van der Waals surface area contributed by atoms with Crippen LogP contribution in [0.5, 0.6) is 0 Å². The summed E-state index contributed by atoms with van der Waals surface area (Å²) in [5.41, 5.74) is 7.04. The van der Waals surface area contributed by atoms with Crippen molar-refractivity contribution in [1.29, 1.82) is 0 Å². The third kappa shape index (κ3) is 8.91. The number of fused-ring (bicyclic) bond motifs is 4. The lowest BCUT2D eigenvalue weighted by atomic mass is 9.73. The first kappa shape index (κ1) is 52.1. The zero-order valence-electron chi connectivity index (χ0n) is 45.8. The van der Waals surface area contributed by atoms with Gasteiger partial charge in [0.1, 0.15) is 17.4 Å². The van der Waals surface area contributed by atoms with Crippen LogP contribution in [0.3, 0.4) is 0 Å². The SMILES string of the molecule is Cc1cc(C(=O)N2CCN(c3ccc4c(c3)C(=O)N(C3CCC(=O)NC3=O)C4=O)CC2)ccc1C(=O)N1CCC2(CC1)C(=O)N(C1CC(N3CCCCC3)C1)c1cc(-c3cc4ncn(C(C)C)c4c(Nc4ccccc4F)n3)ccc12. The van der Waals surface area contributed by atoms with Crippen LogP contribution in [0, 0.1) is 12.7 Å². The summed E-state index contributed by atoms with van der Waals surface area (Å²) in [7, 11) is 0. The van der Waals surface area contributed by atoms with Crippen LogP contribution in [0.2, 0.25) is 0 Å². The van der Waals surface area contributed by atoms with Crippen LogP contribution in [0.25, 0.3) is 22.3 Å². The first-order valence-corrected chi connectivity index (χ1v) is 28.6. The molecular formula is C62H64FN11O7. The average molecular weight is 1090 g/mol. The first-order valence-electron chi connectivity index (χ1n) is 28.6. The first-order chi connectivity index (χ1) is 39.1. The van der Waals surface area contributed by atoms with Crippen molar-refractivity contribution in [2.75, 3.05) is 67.5 Å². The Balaban J connectivity index is 0.702. The fourth-order valence-electron chi connectivity index (χ4n) is 13.6. The van der Waals surface area contributed by atoms with Crippen molar-refractivity contribution < 1.29 is 38.0 Å².